The number of aliphatic hydroxyl groups excluding tert-OH is 9. The molecular weight excluding hydrogens is 875 g/mol. The molecule has 14 N–H and O–H groups in total. The van der Waals surface area contributed by atoms with Gasteiger partial charge in [-0.2, -0.15) is 0 Å². The number of hydrogen-bond donors (Lipinski definition) is 13. The predicted molar refractivity (Wildman–Crippen MR) is 247 cm³/mol. The summed E-state index contributed by atoms with van der Waals surface area (Å²) < 4.78 is 23.6. The van der Waals surface area contributed by atoms with Crippen molar-refractivity contribution in [3.8, 4) is 0 Å². The van der Waals surface area contributed by atoms with Gasteiger partial charge in [-0.05, 0) is 33.1 Å². The summed E-state index contributed by atoms with van der Waals surface area (Å²) >= 11 is 0. The molecule has 0 aliphatic carbocycles. The highest BCUT2D eigenvalue weighted by Crippen LogP contribution is 2.35. The highest BCUT2D eigenvalue weighted by molar-refractivity contribution is 5.74. The molecule has 67 heavy (non-hydrogen) atoms. The minimum Gasteiger partial charge on any atom is -0.462 e. The van der Waals surface area contributed by atoms with Crippen LogP contribution in [0, 0.1) is 11.8 Å². The highest BCUT2D eigenvalue weighted by Gasteiger charge is 2.49. The van der Waals surface area contributed by atoms with E-state index in [1.54, 1.807) is 69.4 Å². The largest absolute Gasteiger partial charge is 0.462 e. The third-order valence-corrected chi connectivity index (χ3v) is 12.3. The van der Waals surface area contributed by atoms with Gasteiger partial charge in [0.25, 0.3) is 0 Å². The fraction of sp³-hybridized carbons (Fsp3) is 0.667. The molecule has 2 amide bonds. The van der Waals surface area contributed by atoms with Gasteiger partial charge < -0.3 is 86.4 Å². The number of carbonyl (C=O) groups is 2. The summed E-state index contributed by atoms with van der Waals surface area (Å²) in [5.74, 6) is -3.68. The Morgan fingerprint density at radius 2 is 1.27 bits per heavy atom. The van der Waals surface area contributed by atoms with Crippen molar-refractivity contribution in [3.05, 3.63) is 85.1 Å². The van der Waals surface area contributed by atoms with Crippen LogP contribution in [0.3, 0.4) is 0 Å². The van der Waals surface area contributed by atoms with Gasteiger partial charge in [0.05, 0.1) is 85.6 Å². The molecule has 3 heterocycles. The minimum atomic E-state index is -2.23. The zero-order valence-electron chi connectivity index (χ0n) is 39.1. The maximum absolute atomic E-state index is 12.6. The van der Waals surface area contributed by atoms with Crippen molar-refractivity contribution in [1.29, 1.82) is 0 Å². The summed E-state index contributed by atoms with van der Waals surface area (Å²) in [6, 6.07) is -2.93. The molecule has 2 bridgehead atoms. The predicted octanol–water partition coefficient (Wildman–Crippen LogP) is 0.309. The minimum absolute atomic E-state index is 0.0901. The van der Waals surface area contributed by atoms with E-state index in [2.05, 4.69) is 10.6 Å². The first-order valence-corrected chi connectivity index (χ1v) is 23.1. The van der Waals surface area contributed by atoms with Gasteiger partial charge in [-0.1, -0.05) is 98.9 Å². The van der Waals surface area contributed by atoms with Crippen molar-refractivity contribution in [1.82, 2.24) is 10.6 Å². The highest BCUT2D eigenvalue weighted by atomic mass is 16.7. The average molecular weight is 952 g/mol. The summed E-state index contributed by atoms with van der Waals surface area (Å²) in [7, 11) is 1.37. The van der Waals surface area contributed by atoms with Crippen LogP contribution in [-0.2, 0) is 23.7 Å². The zero-order valence-corrected chi connectivity index (χ0v) is 39.1. The molecule has 19 atom stereocenters. The molecule has 0 spiro atoms. The number of urea groups is 1. The van der Waals surface area contributed by atoms with E-state index in [0.29, 0.717) is 0 Å². The first kappa shape index (κ1) is 57.7. The molecule has 3 aliphatic heterocycles. The molecule has 0 unspecified atom stereocenters. The molecule has 3 aliphatic rings. The first-order chi connectivity index (χ1) is 31.6. The first-order valence-electron chi connectivity index (χ1n) is 23.1. The van der Waals surface area contributed by atoms with E-state index >= 15 is 0 Å². The van der Waals surface area contributed by atoms with Crippen LogP contribution in [0.1, 0.15) is 79.1 Å². The lowest BCUT2D eigenvalue weighted by Gasteiger charge is -2.46. The zero-order chi connectivity index (χ0) is 49.8. The van der Waals surface area contributed by atoms with Gasteiger partial charge in [0.2, 0.25) is 0 Å². The summed E-state index contributed by atoms with van der Waals surface area (Å²) in [6.45, 7) is 6.79. The Morgan fingerprint density at radius 3 is 1.87 bits per heavy atom. The molecule has 19 heteroatoms. The number of hydrogen-bond acceptors (Lipinski definition) is 17. The fourth-order valence-electron chi connectivity index (χ4n) is 8.06. The second-order valence-corrected chi connectivity index (χ2v) is 18.0. The van der Waals surface area contributed by atoms with E-state index in [-0.39, 0.29) is 31.6 Å². The monoisotopic (exact) mass is 952 g/mol. The summed E-state index contributed by atoms with van der Waals surface area (Å²) in [5, 5.41) is 114. The number of amides is 2. The van der Waals surface area contributed by atoms with Crippen LogP contribution in [0.2, 0.25) is 0 Å². The Bertz CT molecular complexity index is 1710. The summed E-state index contributed by atoms with van der Waals surface area (Å²) in [5.41, 5.74) is 6.07. The van der Waals surface area contributed by atoms with Gasteiger partial charge in [-0.15, -0.1) is 0 Å². The van der Waals surface area contributed by atoms with Gasteiger partial charge >= 0.3 is 12.0 Å². The number of allylic oxidation sites excluding steroid dienone is 12. The van der Waals surface area contributed by atoms with Gasteiger partial charge in [-0.3, -0.25) is 4.79 Å². The molecule has 0 aromatic rings. The van der Waals surface area contributed by atoms with Crippen molar-refractivity contribution in [3.63, 3.8) is 0 Å². The van der Waals surface area contributed by atoms with Crippen molar-refractivity contribution in [2.45, 2.75) is 183 Å². The van der Waals surface area contributed by atoms with Crippen LogP contribution < -0.4 is 16.4 Å². The number of cyclic esters (lactones) is 1. The second kappa shape index (κ2) is 28.8. The normalized spacial score (nSPS) is 41.0. The smallest absolute Gasteiger partial charge is 0.314 e. The molecular formula is C48H77N3O16. The number of aliphatic hydroxyl groups is 10. The van der Waals surface area contributed by atoms with Gasteiger partial charge in [0.15, 0.2) is 12.1 Å². The number of carbonyl (C=O) groups excluding carboxylic acids is 2. The van der Waals surface area contributed by atoms with Crippen molar-refractivity contribution < 1.29 is 79.6 Å². The van der Waals surface area contributed by atoms with E-state index in [4.69, 9.17) is 24.7 Å². The molecule has 0 radical (unpaired) electrons. The number of nitrogens with two attached hydrogens (primary N) is 1. The molecule has 2 fully saturated rings. The maximum atomic E-state index is 12.6. The lowest BCUT2D eigenvalue weighted by Crippen LogP contribution is -2.63. The quantitative estimate of drug-likeness (QED) is 0.169. The SMILES string of the molecule is CNC(=O)N[C@H]1[C@@H]2C[C@@H](O[C@@H]3O[C@H](C)[C@H](O)[C@H](N)[C@H]3O)C=CC=CC=CC=CC=CC=CC=C[C@H](C)[C@@H](O)[C@@H](C)[C@H](C)OC(=O)C[C@H](O)C[C@H](O)CC[C@@H](O)[C@H](O)C[C@H](O)C[C@](O)(C[C@@H]1O)O2. The van der Waals surface area contributed by atoms with Crippen molar-refractivity contribution >= 4 is 12.0 Å². The number of nitrogens with one attached hydrogen (secondary N) is 2. The standard InChI is InChI=1S/C48H77N3O16/c1-28-18-16-14-12-10-8-6-7-9-11-13-15-17-19-35(66-46-45(61)41(49)44(60)31(4)65-46)25-39-42(51-47(62)50-5)38(57)27-48(63,67-39)26-34(54)23-37(56)36(55)21-20-32(52)22-33(53)24-40(58)64-30(3)29(2)43(28)59/h6-19,28-39,41-46,52-57,59-61,63H,20-27,49H2,1-5H3,(H2,50,51,62)/t28-,29-,30-,31+,32+,33+,34-,35-,36+,37+,38-,39-,41-,42+,43+,44-,45+,46-,48+/m0/s1. The third-order valence-electron chi connectivity index (χ3n) is 12.3. The van der Waals surface area contributed by atoms with E-state index < -0.39 is 147 Å². The van der Waals surface area contributed by atoms with Crippen molar-refractivity contribution in [2.75, 3.05) is 7.05 Å². The number of fused-ring (bicyclic) bond motifs is 2. The van der Waals surface area contributed by atoms with Gasteiger partial charge in [0.1, 0.15) is 12.2 Å². The molecule has 2 saturated heterocycles. The fourth-order valence-corrected chi connectivity index (χ4v) is 8.06. The number of rotatable bonds is 3. The molecule has 0 aromatic carbocycles. The Kier molecular flexibility index (Phi) is 24.8. The molecule has 3 rings (SSSR count). The van der Waals surface area contributed by atoms with Crippen LogP contribution in [-0.4, -0.2) is 174 Å². The number of ether oxygens (including phenoxy) is 4. The van der Waals surface area contributed by atoms with E-state index in [1.807, 2.05) is 43.4 Å². The van der Waals surface area contributed by atoms with E-state index in [9.17, 15) is 60.7 Å². The third kappa shape index (κ3) is 19.7. The molecule has 380 valence electrons. The van der Waals surface area contributed by atoms with E-state index in [1.165, 1.54) is 7.05 Å². The van der Waals surface area contributed by atoms with Crippen LogP contribution in [0.15, 0.2) is 85.1 Å². The van der Waals surface area contributed by atoms with Crippen LogP contribution >= 0.6 is 0 Å². The Hall–Kier alpha value is -3.64. The lowest BCUT2D eigenvalue weighted by atomic mass is 9.87. The number of esters is 1. The Balaban J connectivity index is 1.89. The summed E-state index contributed by atoms with van der Waals surface area (Å²) in [6.07, 6.45) is 5.17. The second-order valence-electron chi connectivity index (χ2n) is 18.0. The van der Waals surface area contributed by atoms with Crippen LogP contribution in [0.5, 0.6) is 0 Å². The Labute approximate surface area is 393 Å². The average Bonchev–Trinajstić information content (AvgIpc) is 3.26. The lowest BCUT2D eigenvalue weighted by molar-refractivity contribution is -0.303. The van der Waals surface area contributed by atoms with Crippen LogP contribution in [0.25, 0.3) is 0 Å². The van der Waals surface area contributed by atoms with E-state index in [0.717, 1.165) is 0 Å². The Morgan fingerprint density at radius 1 is 0.687 bits per heavy atom. The van der Waals surface area contributed by atoms with Gasteiger partial charge in [0, 0.05) is 44.6 Å². The molecule has 0 saturated carbocycles. The van der Waals surface area contributed by atoms with Crippen molar-refractivity contribution in [2.24, 2.45) is 17.6 Å². The molecule has 19 nitrogen and oxygen atoms in total. The maximum Gasteiger partial charge on any atom is 0.314 e. The summed E-state index contributed by atoms with van der Waals surface area (Å²) in [4.78, 5) is 25.2. The molecule has 0 aromatic heterocycles. The van der Waals surface area contributed by atoms with Gasteiger partial charge in [-0.25, -0.2) is 4.79 Å². The topological polar surface area (TPSA) is 323 Å². The van der Waals surface area contributed by atoms with Crippen LogP contribution in [0.4, 0.5) is 4.79 Å².